The van der Waals surface area contributed by atoms with Gasteiger partial charge in [-0.15, -0.1) is 0 Å². The van der Waals surface area contributed by atoms with Crippen LogP contribution < -0.4 is 5.73 Å². The van der Waals surface area contributed by atoms with Gasteiger partial charge >= 0.3 is 0 Å². The molecule has 1 aromatic heterocycles. The van der Waals surface area contributed by atoms with Gasteiger partial charge in [-0.1, -0.05) is 19.3 Å². The summed E-state index contributed by atoms with van der Waals surface area (Å²) in [7, 11) is 1.94. The Morgan fingerprint density at radius 1 is 1.33 bits per heavy atom. The highest BCUT2D eigenvalue weighted by atomic mass is 16.2. The maximum absolute atomic E-state index is 12.5. The quantitative estimate of drug-likeness (QED) is 0.920. The summed E-state index contributed by atoms with van der Waals surface area (Å²) in [5.41, 5.74) is 7.40. The van der Waals surface area contributed by atoms with Gasteiger partial charge in [0.15, 0.2) is 0 Å². The van der Waals surface area contributed by atoms with Crippen LogP contribution in [-0.4, -0.2) is 39.7 Å². The molecule has 0 bridgehead atoms. The molecule has 2 fully saturated rings. The summed E-state index contributed by atoms with van der Waals surface area (Å²) in [6.45, 7) is 1.42. The van der Waals surface area contributed by atoms with Gasteiger partial charge in [-0.25, -0.2) is 0 Å². The van der Waals surface area contributed by atoms with Crippen molar-refractivity contribution in [1.82, 2.24) is 14.7 Å². The third kappa shape index (κ3) is 3.12. The summed E-state index contributed by atoms with van der Waals surface area (Å²) < 4.78 is 1.87. The maximum Gasteiger partial charge on any atom is 0.222 e. The summed E-state index contributed by atoms with van der Waals surface area (Å²) in [4.78, 5) is 14.5. The first-order valence-electron chi connectivity index (χ1n) is 8.16. The summed E-state index contributed by atoms with van der Waals surface area (Å²) in [5.74, 6) is 1.10. The second-order valence-electron chi connectivity index (χ2n) is 6.66. The number of amides is 1. The Hall–Kier alpha value is -1.36. The van der Waals surface area contributed by atoms with Crippen molar-refractivity contribution in [2.45, 2.75) is 50.5 Å². The zero-order chi connectivity index (χ0) is 14.8. The number of carbonyl (C=O) groups is 1. The van der Waals surface area contributed by atoms with Crippen LogP contribution in [0.2, 0.25) is 0 Å². The lowest BCUT2D eigenvalue weighted by Crippen LogP contribution is -2.33. The van der Waals surface area contributed by atoms with E-state index in [0.29, 0.717) is 24.8 Å². The predicted molar refractivity (Wildman–Crippen MR) is 81.7 cm³/mol. The summed E-state index contributed by atoms with van der Waals surface area (Å²) in [6, 6.07) is 2.04. The number of likely N-dealkylation sites (tertiary alicyclic amines) is 1. The number of aryl methyl sites for hydroxylation is 1. The Morgan fingerprint density at radius 3 is 2.76 bits per heavy atom. The Labute approximate surface area is 126 Å². The van der Waals surface area contributed by atoms with Crippen LogP contribution in [0.1, 0.15) is 50.1 Å². The molecule has 2 heterocycles. The average Bonchev–Trinajstić information content (AvgIpc) is 3.06. The molecule has 2 N–H and O–H groups in total. The normalized spacial score (nSPS) is 27.2. The molecular weight excluding hydrogens is 264 g/mol. The molecule has 1 aromatic rings. The van der Waals surface area contributed by atoms with Crippen molar-refractivity contribution in [2.75, 3.05) is 13.1 Å². The Morgan fingerprint density at radius 2 is 2.10 bits per heavy atom. The molecule has 2 aliphatic rings. The average molecular weight is 290 g/mol. The van der Waals surface area contributed by atoms with Crippen molar-refractivity contribution in [2.24, 2.45) is 18.7 Å². The molecule has 0 aromatic carbocycles. The van der Waals surface area contributed by atoms with E-state index in [1.165, 1.54) is 32.1 Å². The molecule has 1 aliphatic carbocycles. The van der Waals surface area contributed by atoms with E-state index in [2.05, 4.69) is 5.10 Å². The molecule has 5 nitrogen and oxygen atoms in total. The number of nitrogens with zero attached hydrogens (tertiary/aromatic N) is 3. The maximum atomic E-state index is 12.5. The summed E-state index contributed by atoms with van der Waals surface area (Å²) in [6.07, 6.45) is 8.86. The lowest BCUT2D eigenvalue weighted by Gasteiger charge is -2.24. The fourth-order valence-electron chi connectivity index (χ4n) is 3.86. The Kier molecular flexibility index (Phi) is 4.29. The first-order chi connectivity index (χ1) is 10.1. The van der Waals surface area contributed by atoms with Crippen LogP contribution in [0.3, 0.4) is 0 Å². The molecule has 1 saturated carbocycles. The van der Waals surface area contributed by atoms with Crippen molar-refractivity contribution in [3.8, 4) is 0 Å². The fraction of sp³-hybridized carbons (Fsp3) is 0.750. The molecule has 5 heteroatoms. The molecule has 1 saturated heterocycles. The first kappa shape index (κ1) is 14.6. The molecule has 1 aliphatic heterocycles. The van der Waals surface area contributed by atoms with Crippen molar-refractivity contribution < 1.29 is 4.79 Å². The van der Waals surface area contributed by atoms with Crippen molar-refractivity contribution >= 4 is 5.91 Å². The standard InChI is InChI=1S/C16H26N4O/c1-19-15(7-8-18-19)13-10-20(11-14(13)17)16(21)9-12-5-3-2-4-6-12/h7-8,12-14H,2-6,9-11,17H2,1H3/t13-,14-/m1/s1. The second kappa shape index (κ2) is 6.18. The van der Waals surface area contributed by atoms with Crippen LogP contribution >= 0.6 is 0 Å². The highest BCUT2D eigenvalue weighted by Crippen LogP contribution is 2.30. The highest BCUT2D eigenvalue weighted by Gasteiger charge is 2.35. The van der Waals surface area contributed by atoms with E-state index in [0.717, 1.165) is 12.2 Å². The van der Waals surface area contributed by atoms with E-state index in [9.17, 15) is 4.79 Å². The van der Waals surface area contributed by atoms with Gasteiger partial charge in [-0.05, 0) is 24.8 Å². The van der Waals surface area contributed by atoms with Crippen LogP contribution in [0.4, 0.5) is 0 Å². The van der Waals surface area contributed by atoms with Gasteiger partial charge in [0.2, 0.25) is 5.91 Å². The smallest absolute Gasteiger partial charge is 0.222 e. The highest BCUT2D eigenvalue weighted by molar-refractivity contribution is 5.77. The molecule has 1 amide bonds. The molecule has 0 radical (unpaired) electrons. The Balaban J connectivity index is 1.60. The summed E-state index contributed by atoms with van der Waals surface area (Å²) >= 11 is 0. The zero-order valence-electron chi connectivity index (χ0n) is 12.9. The second-order valence-corrected chi connectivity index (χ2v) is 6.66. The van der Waals surface area contributed by atoms with E-state index >= 15 is 0 Å². The lowest BCUT2D eigenvalue weighted by molar-refractivity contribution is -0.131. The van der Waals surface area contributed by atoms with Gasteiger partial charge in [0.1, 0.15) is 0 Å². The van der Waals surface area contributed by atoms with E-state index < -0.39 is 0 Å². The molecule has 2 atom stereocenters. The third-order valence-corrected chi connectivity index (χ3v) is 5.14. The minimum Gasteiger partial charge on any atom is -0.340 e. The number of hydrogen-bond acceptors (Lipinski definition) is 3. The van der Waals surface area contributed by atoms with Crippen LogP contribution in [0.5, 0.6) is 0 Å². The van der Waals surface area contributed by atoms with Gasteiger partial charge in [0.05, 0.1) is 0 Å². The summed E-state index contributed by atoms with van der Waals surface area (Å²) in [5, 5.41) is 4.22. The third-order valence-electron chi connectivity index (χ3n) is 5.14. The van der Waals surface area contributed by atoms with Crippen LogP contribution in [0.25, 0.3) is 0 Å². The monoisotopic (exact) mass is 290 g/mol. The van der Waals surface area contributed by atoms with Crippen molar-refractivity contribution in [3.63, 3.8) is 0 Å². The predicted octanol–water partition coefficient (Wildman–Crippen LogP) is 1.64. The number of hydrogen-bond donors (Lipinski definition) is 1. The van der Waals surface area contributed by atoms with Crippen molar-refractivity contribution in [3.05, 3.63) is 18.0 Å². The van der Waals surface area contributed by atoms with Gasteiger partial charge in [0.25, 0.3) is 0 Å². The number of nitrogens with two attached hydrogens (primary N) is 1. The molecule has 21 heavy (non-hydrogen) atoms. The van der Waals surface area contributed by atoms with Crippen LogP contribution in [-0.2, 0) is 11.8 Å². The minimum absolute atomic E-state index is 0.0238. The van der Waals surface area contributed by atoms with Gasteiger partial charge < -0.3 is 10.6 Å². The molecule has 0 spiro atoms. The minimum atomic E-state index is 0.0238. The van der Waals surface area contributed by atoms with E-state index in [1.807, 2.05) is 22.7 Å². The number of carbonyl (C=O) groups excluding carboxylic acids is 1. The van der Waals surface area contributed by atoms with E-state index in [1.54, 1.807) is 6.20 Å². The molecule has 0 unspecified atom stereocenters. The topological polar surface area (TPSA) is 64.2 Å². The van der Waals surface area contributed by atoms with E-state index in [4.69, 9.17) is 5.73 Å². The van der Waals surface area contributed by atoms with Gasteiger partial charge in [-0.2, -0.15) is 5.10 Å². The first-order valence-corrected chi connectivity index (χ1v) is 8.16. The van der Waals surface area contributed by atoms with Gasteiger partial charge in [0, 0.05) is 50.4 Å². The largest absolute Gasteiger partial charge is 0.340 e. The zero-order valence-corrected chi connectivity index (χ0v) is 12.9. The lowest BCUT2D eigenvalue weighted by atomic mass is 9.87. The molecular formula is C16H26N4O. The number of aromatic nitrogens is 2. The SMILES string of the molecule is Cn1nccc1[C@@H]1CN(C(=O)CC2CCCCC2)C[C@H]1N. The van der Waals surface area contributed by atoms with Gasteiger partial charge in [-0.3, -0.25) is 9.48 Å². The fourth-order valence-corrected chi connectivity index (χ4v) is 3.86. The van der Waals surface area contributed by atoms with Crippen LogP contribution in [0, 0.1) is 5.92 Å². The molecule has 3 rings (SSSR count). The van der Waals surface area contributed by atoms with E-state index in [-0.39, 0.29) is 12.0 Å². The van der Waals surface area contributed by atoms with Crippen molar-refractivity contribution in [1.29, 1.82) is 0 Å². The van der Waals surface area contributed by atoms with Crippen LogP contribution in [0.15, 0.2) is 12.3 Å². The Bertz CT molecular complexity index is 492. The molecule has 116 valence electrons. The number of rotatable bonds is 3.